The van der Waals surface area contributed by atoms with Crippen molar-refractivity contribution in [3.8, 4) is 0 Å². The Hall–Kier alpha value is -2.13. The van der Waals surface area contributed by atoms with Gasteiger partial charge < -0.3 is 10.2 Å². The zero-order valence-electron chi connectivity index (χ0n) is 10.8. The maximum atomic E-state index is 6.18. The largest absolute Gasteiger partial charge is 0.441 e. The van der Waals surface area contributed by atoms with Gasteiger partial charge in [-0.1, -0.05) is 36.4 Å². The number of nitrogens with two attached hydrogens (primary N) is 1. The monoisotopic (exact) mass is 252 g/mol. The number of oxazole rings is 1. The van der Waals surface area contributed by atoms with Gasteiger partial charge in [0, 0.05) is 12.5 Å². The van der Waals surface area contributed by atoms with Gasteiger partial charge in [-0.25, -0.2) is 4.98 Å². The van der Waals surface area contributed by atoms with Crippen molar-refractivity contribution >= 4 is 11.1 Å². The summed E-state index contributed by atoms with van der Waals surface area (Å²) in [5.74, 6) is 0.692. The van der Waals surface area contributed by atoms with Gasteiger partial charge in [-0.3, -0.25) is 0 Å². The molecule has 0 amide bonds. The summed E-state index contributed by atoms with van der Waals surface area (Å²) >= 11 is 0. The first-order valence-corrected chi connectivity index (χ1v) is 6.39. The summed E-state index contributed by atoms with van der Waals surface area (Å²) in [7, 11) is 0. The smallest absolute Gasteiger partial charge is 0.197 e. The summed E-state index contributed by atoms with van der Waals surface area (Å²) in [6, 6.07) is 15.9. The molecule has 19 heavy (non-hydrogen) atoms. The molecule has 0 spiro atoms. The van der Waals surface area contributed by atoms with Crippen LogP contribution in [0.5, 0.6) is 0 Å². The number of rotatable bonds is 3. The number of hydrogen-bond donors (Lipinski definition) is 1. The van der Waals surface area contributed by atoms with Crippen LogP contribution < -0.4 is 5.73 Å². The van der Waals surface area contributed by atoms with E-state index >= 15 is 0 Å². The van der Waals surface area contributed by atoms with E-state index in [2.05, 4.69) is 4.98 Å². The van der Waals surface area contributed by atoms with E-state index < -0.39 is 0 Å². The van der Waals surface area contributed by atoms with E-state index in [9.17, 15) is 0 Å². The highest BCUT2D eigenvalue weighted by molar-refractivity contribution is 5.73. The maximum absolute atomic E-state index is 6.18. The molecular weight excluding hydrogens is 236 g/mol. The highest BCUT2D eigenvalue weighted by Crippen LogP contribution is 2.21. The average Bonchev–Trinajstić information content (AvgIpc) is 2.81. The van der Waals surface area contributed by atoms with Crippen molar-refractivity contribution < 1.29 is 4.42 Å². The predicted octanol–water partition coefficient (Wildman–Crippen LogP) is 3.38. The Bertz CT molecular complexity index is 688. The zero-order chi connectivity index (χ0) is 13.2. The quantitative estimate of drug-likeness (QED) is 0.777. The van der Waals surface area contributed by atoms with Gasteiger partial charge in [-0.2, -0.15) is 0 Å². The molecule has 0 saturated heterocycles. The van der Waals surface area contributed by atoms with E-state index in [-0.39, 0.29) is 6.04 Å². The van der Waals surface area contributed by atoms with Crippen molar-refractivity contribution in [1.29, 1.82) is 0 Å². The number of hydrogen-bond acceptors (Lipinski definition) is 3. The Kier molecular flexibility index (Phi) is 3.05. The summed E-state index contributed by atoms with van der Waals surface area (Å²) in [4.78, 5) is 4.47. The van der Waals surface area contributed by atoms with Crippen molar-refractivity contribution in [1.82, 2.24) is 4.98 Å². The van der Waals surface area contributed by atoms with E-state index in [4.69, 9.17) is 10.2 Å². The van der Waals surface area contributed by atoms with Crippen LogP contribution in [0.3, 0.4) is 0 Å². The third-order valence-corrected chi connectivity index (χ3v) is 3.21. The van der Waals surface area contributed by atoms with Crippen molar-refractivity contribution in [2.45, 2.75) is 19.4 Å². The van der Waals surface area contributed by atoms with Crippen LogP contribution in [0.25, 0.3) is 11.1 Å². The highest BCUT2D eigenvalue weighted by atomic mass is 16.3. The first-order chi connectivity index (χ1) is 9.22. The second kappa shape index (κ2) is 4.86. The van der Waals surface area contributed by atoms with Crippen LogP contribution in [0.4, 0.5) is 0 Å². The van der Waals surface area contributed by atoms with E-state index in [1.165, 1.54) is 5.56 Å². The summed E-state index contributed by atoms with van der Waals surface area (Å²) in [5.41, 5.74) is 10.2. The van der Waals surface area contributed by atoms with Gasteiger partial charge in [0.2, 0.25) is 0 Å². The van der Waals surface area contributed by atoms with E-state index in [1.54, 1.807) is 0 Å². The number of benzene rings is 2. The fourth-order valence-electron chi connectivity index (χ4n) is 2.17. The predicted molar refractivity (Wildman–Crippen MR) is 75.8 cm³/mol. The van der Waals surface area contributed by atoms with Crippen molar-refractivity contribution in [2.75, 3.05) is 0 Å². The van der Waals surface area contributed by atoms with Crippen molar-refractivity contribution in [3.63, 3.8) is 0 Å². The molecule has 96 valence electrons. The Balaban J connectivity index is 1.85. The lowest BCUT2D eigenvalue weighted by molar-refractivity contribution is 0.502. The van der Waals surface area contributed by atoms with Crippen LogP contribution in [-0.4, -0.2) is 4.98 Å². The lowest BCUT2D eigenvalue weighted by Gasteiger charge is -2.08. The number of fused-ring (bicyclic) bond motifs is 1. The number of aryl methyl sites for hydroxylation is 1. The van der Waals surface area contributed by atoms with E-state index in [0.717, 1.165) is 16.7 Å². The van der Waals surface area contributed by atoms with Gasteiger partial charge in [0.15, 0.2) is 11.5 Å². The van der Waals surface area contributed by atoms with Gasteiger partial charge in [0.05, 0.1) is 0 Å². The van der Waals surface area contributed by atoms with Crippen LogP contribution in [0.2, 0.25) is 0 Å². The SMILES string of the molecule is Cc1ccc2nc(CC(N)c3ccccc3)oc2c1. The summed E-state index contributed by atoms with van der Waals surface area (Å²) in [5, 5.41) is 0. The lowest BCUT2D eigenvalue weighted by Crippen LogP contribution is -2.13. The van der Waals surface area contributed by atoms with Gasteiger partial charge in [0.25, 0.3) is 0 Å². The second-order valence-electron chi connectivity index (χ2n) is 4.80. The molecule has 1 unspecified atom stereocenters. The van der Waals surface area contributed by atoms with Crippen LogP contribution in [-0.2, 0) is 6.42 Å². The molecule has 0 fully saturated rings. The minimum Gasteiger partial charge on any atom is -0.441 e. The Morgan fingerprint density at radius 3 is 2.74 bits per heavy atom. The number of aromatic nitrogens is 1. The van der Waals surface area contributed by atoms with Crippen LogP contribution in [0, 0.1) is 6.92 Å². The summed E-state index contributed by atoms with van der Waals surface area (Å²) in [6.07, 6.45) is 0.609. The molecule has 2 aromatic carbocycles. The molecule has 3 rings (SSSR count). The topological polar surface area (TPSA) is 52.0 Å². The standard InChI is InChI=1S/C16H16N2O/c1-11-7-8-14-15(9-11)19-16(18-14)10-13(17)12-5-3-2-4-6-12/h2-9,13H,10,17H2,1H3. The molecule has 0 saturated carbocycles. The van der Waals surface area contributed by atoms with E-state index in [1.807, 2.05) is 55.5 Å². The molecule has 3 nitrogen and oxygen atoms in total. The van der Waals surface area contributed by atoms with Gasteiger partial charge in [0.1, 0.15) is 5.52 Å². The van der Waals surface area contributed by atoms with Crippen LogP contribution in [0.15, 0.2) is 52.9 Å². The average molecular weight is 252 g/mol. The first-order valence-electron chi connectivity index (χ1n) is 6.39. The van der Waals surface area contributed by atoms with Gasteiger partial charge in [-0.05, 0) is 30.2 Å². The van der Waals surface area contributed by atoms with Gasteiger partial charge >= 0.3 is 0 Å². The minimum absolute atomic E-state index is 0.0876. The fraction of sp³-hybridized carbons (Fsp3) is 0.188. The molecular formula is C16H16N2O. The molecule has 0 aliphatic heterocycles. The lowest BCUT2D eigenvalue weighted by atomic mass is 10.1. The molecule has 0 radical (unpaired) electrons. The summed E-state index contributed by atoms with van der Waals surface area (Å²) in [6.45, 7) is 2.04. The van der Waals surface area contributed by atoms with E-state index in [0.29, 0.717) is 12.3 Å². The normalized spacial score (nSPS) is 12.7. The van der Waals surface area contributed by atoms with Crippen LogP contribution >= 0.6 is 0 Å². The first kappa shape index (κ1) is 11.9. The Labute approximate surface area is 112 Å². The molecule has 3 heteroatoms. The second-order valence-corrected chi connectivity index (χ2v) is 4.80. The zero-order valence-corrected chi connectivity index (χ0v) is 10.8. The third-order valence-electron chi connectivity index (χ3n) is 3.21. The molecule has 0 aliphatic rings. The molecule has 2 N–H and O–H groups in total. The molecule has 1 atom stereocenters. The van der Waals surface area contributed by atoms with Crippen LogP contribution in [0.1, 0.15) is 23.1 Å². The van der Waals surface area contributed by atoms with Crippen molar-refractivity contribution in [2.24, 2.45) is 5.73 Å². The highest BCUT2D eigenvalue weighted by Gasteiger charge is 2.12. The third kappa shape index (κ3) is 2.51. The molecule has 0 bridgehead atoms. The maximum Gasteiger partial charge on any atom is 0.197 e. The van der Waals surface area contributed by atoms with Crippen molar-refractivity contribution in [3.05, 3.63) is 65.5 Å². The molecule has 0 aliphatic carbocycles. The Morgan fingerprint density at radius 1 is 1.16 bits per heavy atom. The minimum atomic E-state index is -0.0876. The molecule has 3 aromatic rings. The Morgan fingerprint density at radius 2 is 1.95 bits per heavy atom. The molecule has 1 heterocycles. The fourth-order valence-corrected chi connectivity index (χ4v) is 2.17. The van der Waals surface area contributed by atoms with Gasteiger partial charge in [-0.15, -0.1) is 0 Å². The number of nitrogens with zero attached hydrogens (tertiary/aromatic N) is 1. The molecule has 1 aromatic heterocycles. The summed E-state index contributed by atoms with van der Waals surface area (Å²) < 4.78 is 5.75.